The van der Waals surface area contributed by atoms with Crippen molar-refractivity contribution in [2.24, 2.45) is 0 Å². The van der Waals surface area contributed by atoms with Crippen molar-refractivity contribution < 1.29 is 9.53 Å². The number of aldehydes is 1. The van der Waals surface area contributed by atoms with E-state index in [1.165, 1.54) is 0 Å². The van der Waals surface area contributed by atoms with E-state index in [0.29, 0.717) is 5.56 Å². The maximum atomic E-state index is 10.5. The third-order valence-corrected chi connectivity index (χ3v) is 2.44. The number of carbonyl (C=O) groups excluding carboxylic acids is 1. The van der Waals surface area contributed by atoms with Crippen LogP contribution in [0.25, 0.3) is 0 Å². The maximum absolute atomic E-state index is 10.5. The fraction of sp³-hybridized carbons (Fsp3) is 0.364. The van der Waals surface area contributed by atoms with E-state index in [9.17, 15) is 4.79 Å². The number of carbonyl (C=O) groups is 1. The molecule has 1 heterocycles. The van der Waals surface area contributed by atoms with Crippen LogP contribution in [0.1, 0.15) is 23.7 Å². The first-order valence-corrected chi connectivity index (χ1v) is 4.71. The number of hydrogen-bond donors (Lipinski definition) is 1. The van der Waals surface area contributed by atoms with Gasteiger partial charge in [0.1, 0.15) is 12.0 Å². The van der Waals surface area contributed by atoms with Gasteiger partial charge >= 0.3 is 0 Å². The summed E-state index contributed by atoms with van der Waals surface area (Å²) < 4.78 is 5.71. The van der Waals surface area contributed by atoms with E-state index < -0.39 is 0 Å². The molecule has 0 spiro atoms. The van der Waals surface area contributed by atoms with Gasteiger partial charge in [-0.25, -0.2) is 0 Å². The summed E-state index contributed by atoms with van der Waals surface area (Å²) in [7, 11) is 0. The van der Waals surface area contributed by atoms with Gasteiger partial charge in [-0.3, -0.25) is 10.1 Å². The van der Waals surface area contributed by atoms with Crippen molar-refractivity contribution in [1.29, 1.82) is 0 Å². The summed E-state index contributed by atoms with van der Waals surface area (Å²) in [6.07, 6.45) is 1.82. The lowest BCUT2D eigenvalue weighted by atomic mass is 10.1. The summed E-state index contributed by atoms with van der Waals surface area (Å²) in [6.45, 7) is 2.99. The van der Waals surface area contributed by atoms with Crippen LogP contribution in [0.15, 0.2) is 24.3 Å². The topological polar surface area (TPSA) is 38.3 Å². The van der Waals surface area contributed by atoms with Crippen molar-refractivity contribution in [3.8, 4) is 5.75 Å². The highest BCUT2D eigenvalue weighted by molar-refractivity contribution is 5.75. The Bertz CT molecular complexity index is 345. The zero-order chi connectivity index (χ0) is 10.0. The van der Waals surface area contributed by atoms with Gasteiger partial charge in [0.2, 0.25) is 0 Å². The molecule has 1 aliphatic heterocycles. The molecule has 3 heteroatoms. The van der Waals surface area contributed by atoms with Gasteiger partial charge in [0, 0.05) is 18.5 Å². The van der Waals surface area contributed by atoms with Crippen molar-refractivity contribution in [2.75, 3.05) is 6.54 Å². The minimum Gasteiger partial charge on any atom is -0.473 e. The molecule has 1 aromatic carbocycles. The van der Waals surface area contributed by atoms with Crippen molar-refractivity contribution >= 4 is 6.29 Å². The summed E-state index contributed by atoms with van der Waals surface area (Å²) >= 11 is 0. The minimum absolute atomic E-state index is 0.249. The number of hydrogen-bond acceptors (Lipinski definition) is 3. The lowest BCUT2D eigenvalue weighted by Crippen LogP contribution is -2.58. The van der Waals surface area contributed by atoms with Gasteiger partial charge < -0.3 is 4.74 Å². The number of ether oxygens (including phenoxy) is 1. The second kappa shape index (κ2) is 3.42. The van der Waals surface area contributed by atoms with Crippen molar-refractivity contribution in [3.05, 3.63) is 29.8 Å². The summed E-state index contributed by atoms with van der Waals surface area (Å²) in [5.74, 6) is 0.740. The molecule has 14 heavy (non-hydrogen) atoms. The lowest BCUT2D eigenvalue weighted by Gasteiger charge is -2.39. The van der Waals surface area contributed by atoms with E-state index in [0.717, 1.165) is 25.0 Å². The molecular weight excluding hydrogens is 178 g/mol. The summed E-state index contributed by atoms with van der Waals surface area (Å²) in [6, 6.07) is 7.19. The number of benzene rings is 1. The second-order valence-electron chi connectivity index (χ2n) is 3.70. The van der Waals surface area contributed by atoms with E-state index in [-0.39, 0.29) is 5.72 Å². The number of rotatable bonds is 3. The Balaban J connectivity index is 2.12. The monoisotopic (exact) mass is 191 g/mol. The highest BCUT2D eigenvalue weighted by Crippen LogP contribution is 2.24. The molecule has 2 rings (SSSR count). The van der Waals surface area contributed by atoms with Crippen LogP contribution in [0.5, 0.6) is 5.75 Å². The quantitative estimate of drug-likeness (QED) is 0.737. The predicted molar refractivity (Wildman–Crippen MR) is 53.5 cm³/mol. The Morgan fingerprint density at radius 1 is 1.57 bits per heavy atom. The molecule has 1 saturated heterocycles. The Kier molecular flexibility index (Phi) is 2.25. The molecule has 0 radical (unpaired) electrons. The van der Waals surface area contributed by atoms with Gasteiger partial charge in [-0.15, -0.1) is 0 Å². The molecule has 0 aromatic heterocycles. The molecule has 1 N–H and O–H groups in total. The van der Waals surface area contributed by atoms with E-state index in [2.05, 4.69) is 5.32 Å². The van der Waals surface area contributed by atoms with E-state index in [1.807, 2.05) is 19.1 Å². The Hall–Kier alpha value is -1.35. The first-order valence-electron chi connectivity index (χ1n) is 4.71. The zero-order valence-electron chi connectivity index (χ0n) is 8.12. The Labute approximate surface area is 83.1 Å². The fourth-order valence-corrected chi connectivity index (χ4v) is 1.48. The van der Waals surface area contributed by atoms with E-state index in [1.54, 1.807) is 12.1 Å². The molecule has 1 fully saturated rings. The van der Waals surface area contributed by atoms with Crippen LogP contribution in [0.3, 0.4) is 0 Å². The standard InChI is InChI=1S/C11H13NO2/c1-11(5-6-12-11)14-10-4-2-3-9(7-10)8-13/h2-4,7-8,12H,5-6H2,1H3/t11-/m1/s1. The highest BCUT2D eigenvalue weighted by atomic mass is 16.5. The van der Waals surface area contributed by atoms with E-state index >= 15 is 0 Å². The second-order valence-corrected chi connectivity index (χ2v) is 3.70. The van der Waals surface area contributed by atoms with E-state index in [4.69, 9.17) is 4.74 Å². The molecule has 74 valence electrons. The number of nitrogens with one attached hydrogen (secondary N) is 1. The van der Waals surface area contributed by atoms with Crippen molar-refractivity contribution in [1.82, 2.24) is 5.32 Å². The molecule has 3 nitrogen and oxygen atoms in total. The Morgan fingerprint density at radius 2 is 2.36 bits per heavy atom. The fourth-order valence-electron chi connectivity index (χ4n) is 1.48. The van der Waals surface area contributed by atoms with Crippen LogP contribution in [-0.4, -0.2) is 18.6 Å². The first kappa shape index (κ1) is 9.21. The molecule has 0 aliphatic carbocycles. The molecular formula is C11H13NO2. The van der Waals surface area contributed by atoms with Gasteiger partial charge in [-0.2, -0.15) is 0 Å². The lowest BCUT2D eigenvalue weighted by molar-refractivity contribution is -0.0106. The van der Waals surface area contributed by atoms with Gasteiger partial charge in [-0.05, 0) is 19.1 Å². The molecule has 1 aliphatic rings. The van der Waals surface area contributed by atoms with Crippen LogP contribution in [0.2, 0.25) is 0 Å². The molecule has 1 atom stereocenters. The summed E-state index contributed by atoms with van der Waals surface area (Å²) in [4.78, 5) is 10.5. The van der Waals surface area contributed by atoms with Crippen LogP contribution in [0, 0.1) is 0 Å². The largest absolute Gasteiger partial charge is 0.473 e. The third-order valence-electron chi connectivity index (χ3n) is 2.44. The summed E-state index contributed by atoms with van der Waals surface area (Å²) in [5.41, 5.74) is 0.395. The van der Waals surface area contributed by atoms with Crippen molar-refractivity contribution in [2.45, 2.75) is 19.1 Å². The zero-order valence-corrected chi connectivity index (χ0v) is 8.12. The van der Waals surface area contributed by atoms with Crippen LogP contribution in [0.4, 0.5) is 0 Å². The normalized spacial score (nSPS) is 25.2. The molecule has 0 unspecified atom stereocenters. The van der Waals surface area contributed by atoms with Gasteiger partial charge in [0.05, 0.1) is 0 Å². The summed E-state index contributed by atoms with van der Waals surface area (Å²) in [5, 5.41) is 3.20. The highest BCUT2D eigenvalue weighted by Gasteiger charge is 2.33. The van der Waals surface area contributed by atoms with Crippen LogP contribution < -0.4 is 10.1 Å². The molecule has 0 bridgehead atoms. The predicted octanol–water partition coefficient (Wildman–Crippen LogP) is 1.59. The average molecular weight is 191 g/mol. The van der Waals surface area contributed by atoms with Crippen molar-refractivity contribution in [3.63, 3.8) is 0 Å². The average Bonchev–Trinajstić information content (AvgIpc) is 2.16. The minimum atomic E-state index is -0.249. The maximum Gasteiger partial charge on any atom is 0.159 e. The Morgan fingerprint density at radius 3 is 2.93 bits per heavy atom. The van der Waals surface area contributed by atoms with Crippen LogP contribution in [-0.2, 0) is 0 Å². The first-order chi connectivity index (χ1) is 6.72. The molecule has 0 saturated carbocycles. The smallest absolute Gasteiger partial charge is 0.159 e. The third kappa shape index (κ3) is 1.77. The van der Waals surface area contributed by atoms with Gasteiger partial charge in [-0.1, -0.05) is 12.1 Å². The van der Waals surface area contributed by atoms with Crippen LogP contribution >= 0.6 is 0 Å². The molecule has 0 amide bonds. The van der Waals surface area contributed by atoms with Gasteiger partial charge in [0.25, 0.3) is 0 Å². The van der Waals surface area contributed by atoms with Gasteiger partial charge in [0.15, 0.2) is 5.72 Å². The molecule has 1 aromatic rings. The SMILES string of the molecule is C[C@@]1(Oc2cccc(C=O)c2)CCN1.